The molecule has 2 N–H and O–H groups in total. The van der Waals surface area contributed by atoms with E-state index in [1.165, 1.54) is 18.9 Å². The summed E-state index contributed by atoms with van der Waals surface area (Å²) in [6, 6.07) is 20.8. The molecule has 1 heterocycles. The van der Waals surface area contributed by atoms with Gasteiger partial charge in [-0.3, -0.25) is 14.4 Å². The Balaban J connectivity index is 1.48. The lowest BCUT2D eigenvalue weighted by Crippen LogP contribution is -2.33. The van der Waals surface area contributed by atoms with Crippen LogP contribution < -0.4 is 15.4 Å². The summed E-state index contributed by atoms with van der Waals surface area (Å²) in [6.45, 7) is 0. The van der Waals surface area contributed by atoms with E-state index in [1.54, 1.807) is 54.6 Å². The first-order valence-electron chi connectivity index (χ1n) is 10.4. The van der Waals surface area contributed by atoms with Gasteiger partial charge >= 0.3 is 5.97 Å². The van der Waals surface area contributed by atoms with Crippen molar-refractivity contribution in [2.45, 2.75) is 22.7 Å². The van der Waals surface area contributed by atoms with Crippen molar-refractivity contribution in [2.24, 2.45) is 0 Å². The number of halogens is 1. The monoisotopic (exact) mass is 496 g/mol. The van der Waals surface area contributed by atoms with Crippen LogP contribution in [0.15, 0.2) is 77.7 Å². The number of amides is 2. The van der Waals surface area contributed by atoms with Gasteiger partial charge in [-0.15, -0.1) is 11.8 Å². The van der Waals surface area contributed by atoms with Gasteiger partial charge in [-0.05, 0) is 30.3 Å². The smallest absolute Gasteiger partial charge is 0.308 e. The normalized spacial score (nSPS) is 15.5. The molecule has 0 unspecified atom stereocenters. The maximum atomic E-state index is 13.1. The fourth-order valence-electron chi connectivity index (χ4n) is 3.41. The number of fused-ring (bicyclic) bond motifs is 1. The van der Waals surface area contributed by atoms with Gasteiger partial charge in [0.05, 0.1) is 29.5 Å². The summed E-state index contributed by atoms with van der Waals surface area (Å²) in [5.41, 5.74) is 1.63. The van der Waals surface area contributed by atoms with Gasteiger partial charge in [-0.25, -0.2) is 0 Å². The largest absolute Gasteiger partial charge is 0.495 e. The number of para-hydroxylation sites is 1. The van der Waals surface area contributed by atoms with Crippen molar-refractivity contribution in [2.75, 3.05) is 17.7 Å². The van der Waals surface area contributed by atoms with Gasteiger partial charge in [0.25, 0.3) is 5.91 Å². The summed E-state index contributed by atoms with van der Waals surface area (Å²) in [5, 5.41) is 5.19. The highest BCUT2D eigenvalue weighted by atomic mass is 35.5. The van der Waals surface area contributed by atoms with Crippen molar-refractivity contribution >= 4 is 52.5 Å². The molecule has 0 aromatic heterocycles. The summed E-state index contributed by atoms with van der Waals surface area (Å²) < 4.78 is 10.7. The maximum Gasteiger partial charge on any atom is 0.308 e. The fourth-order valence-corrected chi connectivity index (χ4v) is 4.76. The second-order valence-electron chi connectivity index (χ2n) is 7.42. The molecule has 2 atom stereocenters. The fraction of sp³-hybridized carbons (Fsp3) is 0.160. The predicted octanol–water partition coefficient (Wildman–Crippen LogP) is 5.07. The Morgan fingerprint density at radius 2 is 1.82 bits per heavy atom. The summed E-state index contributed by atoms with van der Waals surface area (Å²) in [7, 11) is 1.49. The number of hydrogen-bond acceptors (Lipinski definition) is 6. The number of esters is 1. The summed E-state index contributed by atoms with van der Waals surface area (Å²) in [6.07, 6.45) is -1.39. The van der Waals surface area contributed by atoms with Gasteiger partial charge in [0.2, 0.25) is 12.0 Å². The highest BCUT2D eigenvalue weighted by molar-refractivity contribution is 8.01. The lowest BCUT2D eigenvalue weighted by molar-refractivity contribution is -0.155. The van der Waals surface area contributed by atoms with Gasteiger partial charge in [0.1, 0.15) is 5.75 Å². The van der Waals surface area contributed by atoms with Crippen LogP contribution in [0, 0.1) is 0 Å². The van der Waals surface area contributed by atoms with Crippen molar-refractivity contribution in [3.05, 3.63) is 83.4 Å². The van der Waals surface area contributed by atoms with E-state index in [2.05, 4.69) is 10.6 Å². The van der Waals surface area contributed by atoms with Crippen molar-refractivity contribution < 1.29 is 23.9 Å². The number of ether oxygens (including phenoxy) is 2. The molecule has 0 aliphatic carbocycles. The first kappa shape index (κ1) is 23.7. The minimum Gasteiger partial charge on any atom is -0.495 e. The molecular formula is C25H21ClN2O5S. The Morgan fingerprint density at radius 3 is 2.56 bits per heavy atom. The van der Waals surface area contributed by atoms with Crippen LogP contribution in [0.2, 0.25) is 5.02 Å². The third-order valence-corrected chi connectivity index (χ3v) is 6.64. The molecule has 1 aliphatic heterocycles. The molecule has 0 saturated carbocycles. The topological polar surface area (TPSA) is 93.7 Å². The summed E-state index contributed by atoms with van der Waals surface area (Å²) >= 11 is 7.44. The number of thioether (sulfide) groups is 1. The molecule has 0 radical (unpaired) electrons. The van der Waals surface area contributed by atoms with E-state index in [0.29, 0.717) is 27.7 Å². The highest BCUT2D eigenvalue weighted by Gasteiger charge is 2.32. The number of carbonyl (C=O) groups excluding carboxylic acids is 3. The number of carbonyl (C=O) groups is 3. The molecule has 1 aliphatic rings. The minimum absolute atomic E-state index is 0.185. The molecule has 3 aromatic rings. The Hall–Kier alpha value is -3.49. The molecule has 4 rings (SSSR count). The lowest BCUT2D eigenvalue weighted by atomic mass is 10.1. The van der Waals surface area contributed by atoms with Crippen LogP contribution in [0.1, 0.15) is 18.1 Å². The van der Waals surface area contributed by atoms with E-state index in [1.807, 2.05) is 18.2 Å². The van der Waals surface area contributed by atoms with E-state index < -0.39 is 23.2 Å². The van der Waals surface area contributed by atoms with Gasteiger partial charge in [-0.2, -0.15) is 0 Å². The Kier molecular flexibility index (Phi) is 7.40. The number of benzene rings is 3. The van der Waals surface area contributed by atoms with E-state index in [9.17, 15) is 14.4 Å². The van der Waals surface area contributed by atoms with Crippen LogP contribution in [-0.4, -0.2) is 30.1 Å². The third kappa shape index (κ3) is 5.52. The molecule has 0 fully saturated rings. The average Bonchev–Trinajstić information content (AvgIpc) is 2.83. The van der Waals surface area contributed by atoms with Crippen LogP contribution in [-0.2, 0) is 19.1 Å². The Labute approximate surface area is 205 Å². The molecule has 9 heteroatoms. The summed E-state index contributed by atoms with van der Waals surface area (Å²) in [4.78, 5) is 39.2. The van der Waals surface area contributed by atoms with E-state index in [0.717, 1.165) is 4.90 Å². The molecule has 0 saturated heterocycles. The van der Waals surface area contributed by atoms with Gasteiger partial charge in [-0.1, -0.05) is 54.1 Å². The first-order valence-corrected chi connectivity index (χ1v) is 11.7. The molecule has 34 heavy (non-hydrogen) atoms. The van der Waals surface area contributed by atoms with Crippen LogP contribution in [0.25, 0.3) is 0 Å². The third-order valence-electron chi connectivity index (χ3n) is 5.07. The molecule has 3 aromatic carbocycles. The molecule has 0 spiro atoms. The predicted molar refractivity (Wildman–Crippen MR) is 131 cm³/mol. The number of nitrogens with one attached hydrogen (secondary N) is 2. The molecule has 174 valence electrons. The van der Waals surface area contributed by atoms with Crippen molar-refractivity contribution in [1.29, 1.82) is 0 Å². The van der Waals surface area contributed by atoms with Crippen LogP contribution in [0.4, 0.5) is 11.4 Å². The molecule has 2 amide bonds. The van der Waals surface area contributed by atoms with Crippen molar-refractivity contribution in [1.82, 2.24) is 0 Å². The number of rotatable bonds is 7. The Bertz CT molecular complexity index is 1220. The molecule has 7 nitrogen and oxygen atoms in total. The van der Waals surface area contributed by atoms with E-state index in [-0.39, 0.29) is 12.3 Å². The van der Waals surface area contributed by atoms with Crippen LogP contribution >= 0.6 is 23.4 Å². The molecule has 0 bridgehead atoms. The van der Waals surface area contributed by atoms with Crippen LogP contribution in [0.3, 0.4) is 0 Å². The maximum absolute atomic E-state index is 13.1. The van der Waals surface area contributed by atoms with Gasteiger partial charge in [0, 0.05) is 16.1 Å². The Morgan fingerprint density at radius 1 is 1.09 bits per heavy atom. The second-order valence-corrected chi connectivity index (χ2v) is 9.07. The van der Waals surface area contributed by atoms with Crippen LogP contribution in [0.5, 0.6) is 5.75 Å². The average molecular weight is 497 g/mol. The zero-order chi connectivity index (χ0) is 24.1. The number of methoxy groups -OCH3 is 1. The van der Waals surface area contributed by atoms with Crippen molar-refractivity contribution in [3.8, 4) is 5.75 Å². The van der Waals surface area contributed by atoms with Gasteiger partial charge < -0.3 is 20.1 Å². The zero-order valence-corrected chi connectivity index (χ0v) is 19.7. The first-order chi connectivity index (χ1) is 16.4. The standard InChI is InChI=1S/C25H21ClN2O5S/c1-32-19-12-11-16(13-17(19)26)27-25(31)23(15-7-3-2-4-8-15)33-22(29)14-21-24(30)28-18-9-5-6-10-20(18)34-21/h2-13,21,23H,14H2,1H3,(H,27,31)(H,28,30)/t21-,23-/m0/s1. The van der Waals surface area contributed by atoms with Gasteiger partial charge in [0.15, 0.2) is 0 Å². The zero-order valence-electron chi connectivity index (χ0n) is 18.1. The van der Waals surface area contributed by atoms with E-state index >= 15 is 0 Å². The minimum atomic E-state index is -1.21. The lowest BCUT2D eigenvalue weighted by Gasteiger charge is -2.24. The number of anilines is 2. The highest BCUT2D eigenvalue weighted by Crippen LogP contribution is 2.37. The quantitative estimate of drug-likeness (QED) is 0.443. The number of hydrogen-bond donors (Lipinski definition) is 2. The SMILES string of the molecule is COc1ccc(NC(=O)[C@@H](OC(=O)C[C@@H]2Sc3ccccc3NC2=O)c2ccccc2)cc1Cl. The summed E-state index contributed by atoms with van der Waals surface area (Å²) in [5.74, 6) is -1.03. The van der Waals surface area contributed by atoms with Crippen molar-refractivity contribution in [3.63, 3.8) is 0 Å². The molecular weight excluding hydrogens is 476 g/mol. The van der Waals surface area contributed by atoms with E-state index in [4.69, 9.17) is 21.1 Å². The second kappa shape index (κ2) is 10.6.